The summed E-state index contributed by atoms with van der Waals surface area (Å²) in [6.07, 6.45) is 0. The summed E-state index contributed by atoms with van der Waals surface area (Å²) in [6, 6.07) is 13.0. The maximum absolute atomic E-state index is 11.3. The fraction of sp³-hybridized carbons (Fsp3) is 0.176. The molecule has 24 heavy (non-hydrogen) atoms. The van der Waals surface area contributed by atoms with Crippen LogP contribution in [0.15, 0.2) is 47.0 Å². The minimum atomic E-state index is -0.518. The molecule has 0 unspecified atom stereocenters. The number of hydrogen-bond acceptors (Lipinski definition) is 7. The monoisotopic (exact) mass is 324 g/mol. The quantitative estimate of drug-likeness (QED) is 0.722. The van der Waals surface area contributed by atoms with Gasteiger partial charge in [0.2, 0.25) is 0 Å². The Labute approximate surface area is 138 Å². The van der Waals surface area contributed by atoms with Gasteiger partial charge in [-0.2, -0.15) is 0 Å². The van der Waals surface area contributed by atoms with Crippen LogP contribution in [0.5, 0.6) is 0 Å². The first-order valence-electron chi connectivity index (χ1n) is 7.35. The maximum atomic E-state index is 11.3. The molecule has 1 aromatic carbocycles. The molecule has 0 aliphatic rings. The molecule has 2 aromatic heterocycles. The third-order valence-electron chi connectivity index (χ3n) is 3.54. The van der Waals surface area contributed by atoms with Gasteiger partial charge in [-0.25, -0.2) is 4.79 Å². The number of hydrogen-bond donors (Lipinski definition) is 1. The first-order chi connectivity index (χ1) is 11.7. The molecule has 2 heterocycles. The topological polar surface area (TPSA) is 90.1 Å². The number of rotatable bonds is 5. The van der Waals surface area contributed by atoms with Crippen LogP contribution in [0.4, 0.5) is 5.82 Å². The number of carbonyl (C=O) groups excluding carboxylic acids is 1. The fourth-order valence-corrected chi connectivity index (χ4v) is 2.24. The summed E-state index contributed by atoms with van der Waals surface area (Å²) in [5, 5.41) is 15.1. The van der Waals surface area contributed by atoms with Crippen molar-refractivity contribution in [1.82, 2.24) is 15.4 Å². The van der Waals surface area contributed by atoms with Crippen LogP contribution in [0.3, 0.4) is 0 Å². The zero-order valence-corrected chi connectivity index (χ0v) is 13.3. The van der Waals surface area contributed by atoms with Crippen molar-refractivity contribution in [2.75, 3.05) is 12.4 Å². The molecule has 3 aromatic rings. The van der Waals surface area contributed by atoms with E-state index in [1.54, 1.807) is 12.1 Å². The molecule has 0 atom stereocenters. The molecular formula is C17H16N4O3. The number of ether oxygens (including phenoxy) is 1. The molecule has 0 radical (unpaired) electrons. The van der Waals surface area contributed by atoms with Gasteiger partial charge in [-0.3, -0.25) is 0 Å². The summed E-state index contributed by atoms with van der Waals surface area (Å²) in [5.74, 6) is 0.762. The fourth-order valence-electron chi connectivity index (χ4n) is 2.24. The molecule has 7 heteroatoms. The highest BCUT2D eigenvalue weighted by molar-refractivity contribution is 5.86. The van der Waals surface area contributed by atoms with Gasteiger partial charge in [0.25, 0.3) is 0 Å². The third kappa shape index (κ3) is 3.24. The van der Waals surface area contributed by atoms with Crippen LogP contribution in [-0.2, 0) is 11.3 Å². The van der Waals surface area contributed by atoms with Gasteiger partial charge in [0.05, 0.1) is 7.11 Å². The highest BCUT2D eigenvalue weighted by atomic mass is 16.5. The molecule has 0 fully saturated rings. The number of aryl methyl sites for hydroxylation is 1. The maximum Gasteiger partial charge on any atom is 0.358 e. The molecule has 0 aliphatic heterocycles. The van der Waals surface area contributed by atoms with Crippen molar-refractivity contribution in [3.63, 3.8) is 0 Å². The van der Waals surface area contributed by atoms with Crippen molar-refractivity contribution < 1.29 is 14.1 Å². The third-order valence-corrected chi connectivity index (χ3v) is 3.54. The first-order valence-corrected chi connectivity index (χ1v) is 7.35. The average molecular weight is 324 g/mol. The van der Waals surface area contributed by atoms with E-state index < -0.39 is 5.97 Å². The molecule has 0 saturated carbocycles. The van der Waals surface area contributed by atoms with Crippen LogP contribution < -0.4 is 5.32 Å². The van der Waals surface area contributed by atoms with E-state index in [1.807, 2.05) is 37.3 Å². The van der Waals surface area contributed by atoms with E-state index in [4.69, 9.17) is 4.52 Å². The normalized spacial score (nSPS) is 10.4. The number of esters is 1. The molecular weight excluding hydrogens is 308 g/mol. The first kappa shape index (κ1) is 15.7. The molecule has 0 spiro atoms. The highest BCUT2D eigenvalue weighted by Crippen LogP contribution is 2.25. The molecule has 3 rings (SSSR count). The van der Waals surface area contributed by atoms with Crippen LogP contribution in [0.2, 0.25) is 0 Å². The van der Waals surface area contributed by atoms with Crippen LogP contribution in [0.25, 0.3) is 11.3 Å². The Morgan fingerprint density at radius 3 is 2.62 bits per heavy atom. The molecule has 0 amide bonds. The minimum absolute atomic E-state index is 0.161. The number of nitrogens with zero attached hydrogens (tertiary/aromatic N) is 3. The Hall–Kier alpha value is -3.22. The van der Waals surface area contributed by atoms with Crippen molar-refractivity contribution in [3.05, 3.63) is 59.5 Å². The van der Waals surface area contributed by atoms with E-state index in [0.717, 1.165) is 22.6 Å². The lowest BCUT2D eigenvalue weighted by Gasteiger charge is -2.06. The van der Waals surface area contributed by atoms with E-state index in [0.29, 0.717) is 12.4 Å². The van der Waals surface area contributed by atoms with E-state index in [1.165, 1.54) is 7.11 Å². The van der Waals surface area contributed by atoms with Crippen LogP contribution in [-0.4, -0.2) is 28.4 Å². The van der Waals surface area contributed by atoms with E-state index in [9.17, 15) is 4.79 Å². The molecule has 0 saturated heterocycles. The minimum Gasteiger partial charge on any atom is -0.464 e. The number of anilines is 1. The smallest absolute Gasteiger partial charge is 0.358 e. The lowest BCUT2D eigenvalue weighted by Crippen LogP contribution is -2.08. The summed E-state index contributed by atoms with van der Waals surface area (Å²) < 4.78 is 9.91. The van der Waals surface area contributed by atoms with Crippen molar-refractivity contribution in [1.29, 1.82) is 0 Å². The van der Waals surface area contributed by atoms with Gasteiger partial charge in [0.1, 0.15) is 17.3 Å². The van der Waals surface area contributed by atoms with Gasteiger partial charge < -0.3 is 14.6 Å². The standard InChI is InChI=1S/C17H16N4O3/c1-11-13(16(21-24-11)12-6-4-3-5-7-12)10-18-15-9-8-14(19-20-15)17(22)23-2/h3-9H,10H2,1-2H3,(H,18,20). The Kier molecular flexibility index (Phi) is 4.51. The lowest BCUT2D eigenvalue weighted by atomic mass is 10.1. The van der Waals surface area contributed by atoms with Crippen molar-refractivity contribution in [3.8, 4) is 11.3 Å². The Balaban J connectivity index is 1.76. The number of aromatic nitrogens is 3. The van der Waals surface area contributed by atoms with Crippen molar-refractivity contribution >= 4 is 11.8 Å². The predicted molar refractivity (Wildman–Crippen MR) is 87.4 cm³/mol. The van der Waals surface area contributed by atoms with Crippen LogP contribution in [0.1, 0.15) is 21.8 Å². The Morgan fingerprint density at radius 1 is 1.17 bits per heavy atom. The second-order valence-electron chi connectivity index (χ2n) is 5.08. The molecule has 0 bridgehead atoms. The van der Waals surface area contributed by atoms with E-state index >= 15 is 0 Å². The Morgan fingerprint density at radius 2 is 1.96 bits per heavy atom. The number of benzene rings is 1. The zero-order valence-electron chi connectivity index (χ0n) is 13.3. The van der Waals surface area contributed by atoms with Gasteiger partial charge in [0.15, 0.2) is 5.69 Å². The summed E-state index contributed by atoms with van der Waals surface area (Å²) in [5.41, 5.74) is 2.88. The molecule has 122 valence electrons. The van der Waals surface area contributed by atoms with E-state index in [2.05, 4.69) is 25.4 Å². The van der Waals surface area contributed by atoms with Crippen LogP contribution >= 0.6 is 0 Å². The van der Waals surface area contributed by atoms with Gasteiger partial charge in [-0.15, -0.1) is 10.2 Å². The van der Waals surface area contributed by atoms with Gasteiger partial charge in [0, 0.05) is 17.7 Å². The summed E-state index contributed by atoms with van der Waals surface area (Å²) in [4.78, 5) is 11.3. The summed E-state index contributed by atoms with van der Waals surface area (Å²) in [7, 11) is 1.30. The second kappa shape index (κ2) is 6.91. The molecule has 7 nitrogen and oxygen atoms in total. The molecule has 1 N–H and O–H groups in total. The van der Waals surface area contributed by atoms with Gasteiger partial charge in [-0.05, 0) is 19.1 Å². The van der Waals surface area contributed by atoms with Gasteiger partial charge in [-0.1, -0.05) is 35.5 Å². The van der Waals surface area contributed by atoms with Crippen molar-refractivity contribution in [2.45, 2.75) is 13.5 Å². The number of methoxy groups -OCH3 is 1. The van der Waals surface area contributed by atoms with Gasteiger partial charge >= 0.3 is 5.97 Å². The van der Waals surface area contributed by atoms with Crippen LogP contribution in [0, 0.1) is 6.92 Å². The Bertz CT molecular complexity index is 829. The number of carbonyl (C=O) groups is 1. The predicted octanol–water partition coefficient (Wildman–Crippen LogP) is 2.84. The largest absolute Gasteiger partial charge is 0.464 e. The SMILES string of the molecule is COC(=O)c1ccc(NCc2c(-c3ccccc3)noc2C)nn1. The van der Waals surface area contributed by atoms with E-state index in [-0.39, 0.29) is 5.69 Å². The summed E-state index contributed by atoms with van der Waals surface area (Å²) >= 11 is 0. The highest BCUT2D eigenvalue weighted by Gasteiger charge is 2.15. The average Bonchev–Trinajstić information content (AvgIpc) is 3.01. The lowest BCUT2D eigenvalue weighted by molar-refractivity contribution is 0.0593. The zero-order chi connectivity index (χ0) is 16.9. The number of nitrogens with one attached hydrogen (secondary N) is 1. The molecule has 0 aliphatic carbocycles. The summed E-state index contributed by atoms with van der Waals surface area (Å²) in [6.45, 7) is 2.34. The van der Waals surface area contributed by atoms with Crippen molar-refractivity contribution in [2.24, 2.45) is 0 Å². The second-order valence-corrected chi connectivity index (χ2v) is 5.08.